The van der Waals surface area contributed by atoms with Crippen LogP contribution in [-0.4, -0.2) is 39.0 Å². The van der Waals surface area contributed by atoms with Crippen molar-refractivity contribution in [1.82, 2.24) is 14.8 Å². The number of nitrogens with zero attached hydrogens (tertiary/aromatic N) is 3. The number of anilines is 1. The number of aromatic nitrogens is 3. The van der Waals surface area contributed by atoms with Crippen LogP contribution < -0.4 is 5.32 Å². The summed E-state index contributed by atoms with van der Waals surface area (Å²) in [6.45, 7) is 6.40. The van der Waals surface area contributed by atoms with Crippen LogP contribution in [0.15, 0.2) is 53.7 Å². The monoisotopic (exact) mass is 436 g/mol. The molecule has 160 valence electrons. The van der Waals surface area contributed by atoms with Gasteiger partial charge >= 0.3 is 5.97 Å². The molecule has 0 saturated heterocycles. The van der Waals surface area contributed by atoms with Gasteiger partial charge in [0, 0.05) is 16.8 Å². The summed E-state index contributed by atoms with van der Waals surface area (Å²) in [5, 5.41) is 12.4. The Balaban J connectivity index is 1.43. The van der Waals surface area contributed by atoms with E-state index >= 15 is 0 Å². The van der Waals surface area contributed by atoms with E-state index in [1.165, 1.54) is 17.3 Å². The lowest BCUT2D eigenvalue weighted by Crippen LogP contribution is -2.33. The first-order chi connectivity index (χ1) is 14.9. The Bertz CT molecular complexity index is 1120. The molecule has 8 heteroatoms. The molecule has 1 amide bonds. The van der Waals surface area contributed by atoms with Crippen molar-refractivity contribution in [1.29, 1.82) is 0 Å². The molecule has 2 aromatic carbocycles. The molecular formula is C23H24N4O3S. The van der Waals surface area contributed by atoms with Gasteiger partial charge in [0.25, 0.3) is 0 Å². The number of rotatable bonds is 6. The van der Waals surface area contributed by atoms with Gasteiger partial charge in [-0.3, -0.25) is 9.36 Å². The predicted molar refractivity (Wildman–Crippen MR) is 120 cm³/mol. The third kappa shape index (κ3) is 4.34. The number of amides is 1. The molecule has 0 fully saturated rings. The number of thioether (sulfide) groups is 1. The highest BCUT2D eigenvalue weighted by molar-refractivity contribution is 7.99. The number of esters is 1. The van der Waals surface area contributed by atoms with Gasteiger partial charge < -0.3 is 10.1 Å². The van der Waals surface area contributed by atoms with Crippen LogP contribution in [0.25, 0.3) is 11.4 Å². The zero-order valence-electron chi connectivity index (χ0n) is 17.7. The zero-order valence-corrected chi connectivity index (χ0v) is 18.5. The van der Waals surface area contributed by atoms with E-state index in [0.29, 0.717) is 17.9 Å². The molecule has 1 aliphatic rings. The molecule has 0 aliphatic carbocycles. The Morgan fingerprint density at radius 1 is 1.13 bits per heavy atom. The molecule has 0 saturated carbocycles. The Hall–Kier alpha value is -3.13. The van der Waals surface area contributed by atoms with Gasteiger partial charge in [0.05, 0.1) is 17.9 Å². The third-order valence-electron chi connectivity index (χ3n) is 5.13. The van der Waals surface area contributed by atoms with E-state index in [1.807, 2.05) is 12.1 Å². The van der Waals surface area contributed by atoms with E-state index in [0.717, 1.165) is 23.0 Å². The van der Waals surface area contributed by atoms with Gasteiger partial charge in [0.15, 0.2) is 11.0 Å². The van der Waals surface area contributed by atoms with Gasteiger partial charge in [-0.2, -0.15) is 0 Å². The molecular weight excluding hydrogens is 412 g/mol. The van der Waals surface area contributed by atoms with Crippen LogP contribution >= 0.6 is 11.8 Å². The average molecular weight is 437 g/mol. The quantitative estimate of drug-likeness (QED) is 0.462. The van der Waals surface area contributed by atoms with Crippen LogP contribution in [0.3, 0.4) is 0 Å². The van der Waals surface area contributed by atoms with Gasteiger partial charge in [-0.25, -0.2) is 4.79 Å². The van der Waals surface area contributed by atoms with Gasteiger partial charge in [-0.1, -0.05) is 36.0 Å². The van der Waals surface area contributed by atoms with E-state index in [9.17, 15) is 9.59 Å². The fourth-order valence-corrected chi connectivity index (χ4v) is 4.65. The fraction of sp³-hybridized carbons (Fsp3) is 0.304. The number of fused-ring (bicyclic) bond motifs is 3. The minimum atomic E-state index is -0.378. The summed E-state index contributed by atoms with van der Waals surface area (Å²) in [4.78, 5) is 24.2. The molecule has 1 N–H and O–H groups in total. The molecule has 4 rings (SSSR count). The Morgan fingerprint density at radius 2 is 1.87 bits per heavy atom. The van der Waals surface area contributed by atoms with E-state index in [1.54, 1.807) is 31.2 Å². The molecule has 0 radical (unpaired) electrons. The number of carbonyl (C=O) groups is 2. The summed E-state index contributed by atoms with van der Waals surface area (Å²) in [5.74, 6) is 0.511. The number of carbonyl (C=O) groups excluding carboxylic acids is 2. The summed E-state index contributed by atoms with van der Waals surface area (Å²) in [6.07, 6.45) is 0.876. The average Bonchev–Trinajstić information content (AvgIpc) is 3.18. The van der Waals surface area contributed by atoms with Crippen LogP contribution in [0.2, 0.25) is 0 Å². The molecule has 0 bridgehead atoms. The summed E-state index contributed by atoms with van der Waals surface area (Å²) in [5.41, 5.74) is 3.23. The van der Waals surface area contributed by atoms with E-state index in [-0.39, 0.29) is 23.2 Å². The van der Waals surface area contributed by atoms with Crippen molar-refractivity contribution in [3.63, 3.8) is 0 Å². The third-order valence-corrected chi connectivity index (χ3v) is 6.06. The van der Waals surface area contributed by atoms with Crippen LogP contribution in [0.1, 0.15) is 36.7 Å². The molecule has 0 spiro atoms. The SMILES string of the molecule is CCOC(=O)c1ccc(NC(=O)CSc2nnc3n2C(C)(C)Cc2ccccc2-3)cc1. The highest BCUT2D eigenvalue weighted by Crippen LogP contribution is 2.39. The Kier molecular flexibility index (Phi) is 5.82. The van der Waals surface area contributed by atoms with Crippen LogP contribution in [0.4, 0.5) is 5.69 Å². The first-order valence-electron chi connectivity index (χ1n) is 10.1. The molecule has 31 heavy (non-hydrogen) atoms. The van der Waals surface area contributed by atoms with Crippen LogP contribution in [-0.2, 0) is 21.5 Å². The van der Waals surface area contributed by atoms with Crippen LogP contribution in [0.5, 0.6) is 0 Å². The fourth-order valence-electron chi connectivity index (χ4n) is 3.75. The summed E-state index contributed by atoms with van der Waals surface area (Å²) in [7, 11) is 0. The summed E-state index contributed by atoms with van der Waals surface area (Å²) >= 11 is 1.36. The van der Waals surface area contributed by atoms with Gasteiger partial charge in [0.1, 0.15) is 0 Å². The molecule has 1 aromatic heterocycles. The smallest absolute Gasteiger partial charge is 0.338 e. The van der Waals surface area contributed by atoms with Gasteiger partial charge in [-0.05, 0) is 57.0 Å². The molecule has 7 nitrogen and oxygen atoms in total. The molecule has 2 heterocycles. The maximum atomic E-state index is 12.5. The lowest BCUT2D eigenvalue weighted by molar-refractivity contribution is -0.113. The number of ether oxygens (including phenoxy) is 1. The van der Waals surface area contributed by atoms with E-state index < -0.39 is 0 Å². The van der Waals surface area contributed by atoms with Crippen molar-refractivity contribution in [3.05, 3.63) is 59.7 Å². The highest BCUT2D eigenvalue weighted by atomic mass is 32.2. The van der Waals surface area contributed by atoms with Crippen molar-refractivity contribution in [3.8, 4) is 11.4 Å². The first-order valence-corrected chi connectivity index (χ1v) is 11.1. The van der Waals surface area contributed by atoms with E-state index in [2.05, 4.69) is 46.1 Å². The van der Waals surface area contributed by atoms with Gasteiger partial charge in [0.2, 0.25) is 5.91 Å². The number of nitrogens with one attached hydrogen (secondary N) is 1. The molecule has 3 aromatic rings. The maximum Gasteiger partial charge on any atom is 0.338 e. The number of hydrogen-bond donors (Lipinski definition) is 1. The molecule has 0 unspecified atom stereocenters. The number of benzene rings is 2. The second-order valence-electron chi connectivity index (χ2n) is 7.92. The minimum Gasteiger partial charge on any atom is -0.462 e. The lowest BCUT2D eigenvalue weighted by Gasteiger charge is -2.34. The maximum absolute atomic E-state index is 12.5. The second-order valence-corrected chi connectivity index (χ2v) is 8.87. The summed E-state index contributed by atoms with van der Waals surface area (Å²) in [6, 6.07) is 14.9. The van der Waals surface area contributed by atoms with Crippen molar-refractivity contribution >= 4 is 29.3 Å². The topological polar surface area (TPSA) is 86.1 Å². The van der Waals surface area contributed by atoms with Crippen molar-refractivity contribution in [2.24, 2.45) is 0 Å². The Labute approximate surface area is 185 Å². The normalized spacial score (nSPS) is 13.8. The minimum absolute atomic E-state index is 0.153. The predicted octanol–water partition coefficient (Wildman–Crippen LogP) is 4.14. The first kappa shape index (κ1) is 21.1. The summed E-state index contributed by atoms with van der Waals surface area (Å²) < 4.78 is 7.09. The van der Waals surface area contributed by atoms with Gasteiger partial charge in [-0.15, -0.1) is 10.2 Å². The number of hydrogen-bond acceptors (Lipinski definition) is 6. The zero-order chi connectivity index (χ0) is 22.0. The second kappa shape index (κ2) is 8.55. The van der Waals surface area contributed by atoms with Crippen molar-refractivity contribution < 1.29 is 14.3 Å². The van der Waals surface area contributed by atoms with Crippen molar-refractivity contribution in [2.75, 3.05) is 17.7 Å². The Morgan fingerprint density at radius 3 is 2.61 bits per heavy atom. The standard InChI is InChI=1S/C23H24N4O3S/c1-4-30-21(29)15-9-11-17(12-10-15)24-19(28)14-31-22-26-25-20-18-8-6-5-7-16(18)13-23(2,3)27(20)22/h5-12H,4,13-14H2,1-3H3,(H,24,28). The molecule has 0 atom stereocenters. The highest BCUT2D eigenvalue weighted by Gasteiger charge is 2.34. The van der Waals surface area contributed by atoms with Crippen LogP contribution in [0, 0.1) is 0 Å². The molecule has 1 aliphatic heterocycles. The lowest BCUT2D eigenvalue weighted by atomic mass is 9.87. The largest absolute Gasteiger partial charge is 0.462 e. The van der Waals surface area contributed by atoms with E-state index in [4.69, 9.17) is 4.74 Å². The van der Waals surface area contributed by atoms with Crippen molar-refractivity contribution in [2.45, 2.75) is 37.9 Å².